The molecule has 0 radical (unpaired) electrons. The van der Waals surface area contributed by atoms with E-state index in [1.165, 1.54) is 11.8 Å². The van der Waals surface area contributed by atoms with Gasteiger partial charge in [0.2, 0.25) is 11.9 Å². The number of hydrogen-bond acceptors (Lipinski definition) is 7. The third kappa shape index (κ3) is 4.52. The molecule has 1 aliphatic heterocycles. The molecule has 1 fully saturated rings. The third-order valence-corrected chi connectivity index (χ3v) is 5.88. The number of rotatable bonds is 7. The van der Waals surface area contributed by atoms with Crippen molar-refractivity contribution < 1.29 is 13.9 Å². The molecule has 0 bridgehead atoms. The Hall–Kier alpha value is -2.78. The molecule has 1 aromatic carbocycles. The van der Waals surface area contributed by atoms with Crippen LogP contribution in [0, 0.1) is 6.92 Å². The molecule has 1 aliphatic rings. The van der Waals surface area contributed by atoms with Crippen LogP contribution in [0.3, 0.4) is 0 Å². The largest absolute Gasteiger partial charge is 0.467 e. The number of aromatic nitrogens is 3. The molecular formula is C21H25N5O3S. The van der Waals surface area contributed by atoms with Crippen molar-refractivity contribution in [1.82, 2.24) is 20.1 Å². The van der Waals surface area contributed by atoms with Crippen molar-refractivity contribution in [2.24, 2.45) is 0 Å². The summed E-state index contributed by atoms with van der Waals surface area (Å²) in [5.41, 5.74) is 2.13. The number of aryl methyl sites for hydroxylation is 1. The van der Waals surface area contributed by atoms with Crippen LogP contribution in [0.15, 0.2) is 52.2 Å². The van der Waals surface area contributed by atoms with Gasteiger partial charge in [-0.05, 0) is 37.6 Å². The van der Waals surface area contributed by atoms with Crippen LogP contribution in [0.5, 0.6) is 0 Å². The number of morpholine rings is 1. The lowest BCUT2D eigenvalue weighted by atomic mass is 10.2. The van der Waals surface area contributed by atoms with E-state index in [9.17, 15) is 4.79 Å². The molecule has 0 saturated carbocycles. The van der Waals surface area contributed by atoms with E-state index >= 15 is 0 Å². The Labute approximate surface area is 179 Å². The molecule has 1 saturated heterocycles. The van der Waals surface area contributed by atoms with Crippen LogP contribution in [0.2, 0.25) is 0 Å². The van der Waals surface area contributed by atoms with Gasteiger partial charge in [-0.25, -0.2) is 0 Å². The Bertz CT molecular complexity index is 982. The van der Waals surface area contributed by atoms with Crippen molar-refractivity contribution in [3.63, 3.8) is 0 Å². The second-order valence-electron chi connectivity index (χ2n) is 7.10. The maximum Gasteiger partial charge on any atom is 0.232 e. The zero-order valence-electron chi connectivity index (χ0n) is 17.1. The van der Waals surface area contributed by atoms with Gasteiger partial charge in [-0.1, -0.05) is 30.0 Å². The van der Waals surface area contributed by atoms with E-state index in [-0.39, 0.29) is 17.7 Å². The summed E-state index contributed by atoms with van der Waals surface area (Å²) in [6.45, 7) is 6.80. The van der Waals surface area contributed by atoms with E-state index in [1.807, 2.05) is 41.8 Å². The summed E-state index contributed by atoms with van der Waals surface area (Å²) in [6, 6.07) is 11.6. The smallest absolute Gasteiger partial charge is 0.232 e. The first-order valence-corrected chi connectivity index (χ1v) is 10.9. The van der Waals surface area contributed by atoms with E-state index < -0.39 is 0 Å². The van der Waals surface area contributed by atoms with Crippen molar-refractivity contribution in [3.05, 3.63) is 54.0 Å². The number of ether oxygens (including phenoxy) is 1. The number of nitrogens with one attached hydrogen (secondary N) is 1. The molecule has 3 heterocycles. The second kappa shape index (κ2) is 9.36. The predicted molar refractivity (Wildman–Crippen MR) is 115 cm³/mol. The summed E-state index contributed by atoms with van der Waals surface area (Å²) in [5.74, 6) is 1.65. The lowest BCUT2D eigenvalue weighted by Gasteiger charge is -2.28. The maximum atomic E-state index is 12.5. The average Bonchev–Trinajstić information content (AvgIpc) is 3.44. The van der Waals surface area contributed by atoms with Crippen LogP contribution in [0.4, 0.5) is 5.95 Å². The highest BCUT2D eigenvalue weighted by Gasteiger charge is 2.23. The van der Waals surface area contributed by atoms with E-state index in [0.717, 1.165) is 36.0 Å². The lowest BCUT2D eigenvalue weighted by molar-refractivity contribution is -0.119. The van der Waals surface area contributed by atoms with Crippen molar-refractivity contribution in [3.8, 4) is 5.69 Å². The molecule has 1 N–H and O–H groups in total. The van der Waals surface area contributed by atoms with E-state index in [2.05, 4.69) is 33.4 Å². The zero-order valence-corrected chi connectivity index (χ0v) is 17.9. The van der Waals surface area contributed by atoms with Crippen molar-refractivity contribution >= 4 is 23.6 Å². The summed E-state index contributed by atoms with van der Waals surface area (Å²) < 4.78 is 12.9. The third-order valence-electron chi connectivity index (χ3n) is 4.95. The number of benzene rings is 1. The monoisotopic (exact) mass is 427 g/mol. The number of carbonyl (C=O) groups excluding carboxylic acids is 1. The minimum Gasteiger partial charge on any atom is -0.467 e. The predicted octanol–water partition coefficient (Wildman–Crippen LogP) is 2.97. The molecule has 30 heavy (non-hydrogen) atoms. The Balaban J connectivity index is 1.53. The number of amides is 1. The van der Waals surface area contributed by atoms with E-state index in [1.54, 1.807) is 6.26 Å². The van der Waals surface area contributed by atoms with E-state index in [0.29, 0.717) is 18.4 Å². The van der Waals surface area contributed by atoms with Gasteiger partial charge < -0.3 is 19.4 Å². The maximum absolute atomic E-state index is 12.5. The molecule has 1 atom stereocenters. The van der Waals surface area contributed by atoms with Gasteiger partial charge in [-0.15, -0.1) is 10.2 Å². The van der Waals surface area contributed by atoms with Gasteiger partial charge in [0.15, 0.2) is 5.16 Å². The number of hydrogen-bond donors (Lipinski definition) is 1. The van der Waals surface area contributed by atoms with Crippen molar-refractivity contribution in [2.45, 2.75) is 25.0 Å². The normalized spacial score (nSPS) is 15.2. The molecular weight excluding hydrogens is 402 g/mol. The van der Waals surface area contributed by atoms with Gasteiger partial charge in [0, 0.05) is 13.1 Å². The van der Waals surface area contributed by atoms with Crippen molar-refractivity contribution in [2.75, 3.05) is 37.0 Å². The Morgan fingerprint density at radius 1 is 1.20 bits per heavy atom. The number of para-hydroxylation sites is 1. The summed E-state index contributed by atoms with van der Waals surface area (Å²) >= 11 is 1.37. The number of furan rings is 1. The fourth-order valence-electron chi connectivity index (χ4n) is 3.37. The SMILES string of the molecule is Cc1ccccc1-n1c(SCC(=O)NC(C)c2ccco2)nnc1N1CCOCC1. The lowest BCUT2D eigenvalue weighted by Crippen LogP contribution is -2.38. The Morgan fingerprint density at radius 3 is 2.73 bits per heavy atom. The van der Waals surface area contributed by atoms with Crippen LogP contribution in [-0.2, 0) is 9.53 Å². The highest BCUT2D eigenvalue weighted by Crippen LogP contribution is 2.29. The summed E-state index contributed by atoms with van der Waals surface area (Å²) in [6.07, 6.45) is 1.60. The van der Waals surface area contributed by atoms with Gasteiger partial charge in [-0.3, -0.25) is 9.36 Å². The zero-order chi connectivity index (χ0) is 20.9. The van der Waals surface area contributed by atoms with Gasteiger partial charge in [0.05, 0.1) is 37.0 Å². The molecule has 9 heteroatoms. The molecule has 8 nitrogen and oxygen atoms in total. The summed E-state index contributed by atoms with van der Waals surface area (Å²) in [7, 11) is 0. The van der Waals surface area contributed by atoms with Crippen LogP contribution in [0.25, 0.3) is 5.69 Å². The van der Waals surface area contributed by atoms with Crippen LogP contribution in [-0.4, -0.2) is 52.7 Å². The second-order valence-corrected chi connectivity index (χ2v) is 8.04. The van der Waals surface area contributed by atoms with Gasteiger partial charge in [0.1, 0.15) is 5.76 Å². The van der Waals surface area contributed by atoms with Gasteiger partial charge >= 0.3 is 0 Å². The Morgan fingerprint density at radius 2 is 2.00 bits per heavy atom. The molecule has 3 aromatic rings. The first kappa shape index (κ1) is 20.5. The fraction of sp³-hybridized carbons (Fsp3) is 0.381. The highest BCUT2D eigenvalue weighted by molar-refractivity contribution is 7.99. The van der Waals surface area contributed by atoms with Crippen LogP contribution in [0.1, 0.15) is 24.3 Å². The molecule has 0 spiro atoms. The number of thioether (sulfide) groups is 1. The molecule has 1 amide bonds. The summed E-state index contributed by atoms with van der Waals surface area (Å²) in [4.78, 5) is 14.7. The average molecular weight is 428 g/mol. The van der Waals surface area contributed by atoms with Gasteiger partial charge in [-0.2, -0.15) is 0 Å². The van der Waals surface area contributed by atoms with Crippen LogP contribution >= 0.6 is 11.8 Å². The minimum atomic E-state index is -0.189. The molecule has 158 valence electrons. The highest BCUT2D eigenvalue weighted by atomic mass is 32.2. The Kier molecular flexibility index (Phi) is 6.39. The fourth-order valence-corrected chi connectivity index (χ4v) is 4.12. The topological polar surface area (TPSA) is 85.4 Å². The molecule has 1 unspecified atom stereocenters. The number of anilines is 1. The number of nitrogens with zero attached hydrogens (tertiary/aromatic N) is 4. The molecule has 4 rings (SSSR count). The molecule has 0 aliphatic carbocycles. The quantitative estimate of drug-likeness (QED) is 0.580. The minimum absolute atomic E-state index is 0.0869. The van der Waals surface area contributed by atoms with Crippen LogP contribution < -0.4 is 10.2 Å². The van der Waals surface area contributed by atoms with E-state index in [4.69, 9.17) is 9.15 Å². The molecule has 2 aromatic heterocycles. The van der Waals surface area contributed by atoms with Gasteiger partial charge in [0.25, 0.3) is 0 Å². The standard InChI is InChI=1S/C21H25N5O3S/c1-15-6-3-4-7-17(15)26-20(25-9-12-28-13-10-25)23-24-21(26)30-14-19(27)22-16(2)18-8-5-11-29-18/h3-8,11,16H,9-10,12-14H2,1-2H3,(H,22,27). The first-order valence-electron chi connectivity index (χ1n) is 9.93. The first-order chi connectivity index (χ1) is 14.6. The summed E-state index contributed by atoms with van der Waals surface area (Å²) in [5, 5.41) is 12.5. The number of carbonyl (C=O) groups is 1. The van der Waals surface area contributed by atoms with Crippen molar-refractivity contribution in [1.29, 1.82) is 0 Å².